The van der Waals surface area contributed by atoms with Crippen molar-refractivity contribution in [1.82, 2.24) is 10.1 Å². The summed E-state index contributed by atoms with van der Waals surface area (Å²) in [5, 5.41) is 3.60. The summed E-state index contributed by atoms with van der Waals surface area (Å²) in [4.78, 5) is 25.9. The molecule has 1 unspecified atom stereocenters. The zero-order valence-electron chi connectivity index (χ0n) is 12.0. The first-order valence-corrected chi connectivity index (χ1v) is 6.80. The highest BCUT2D eigenvalue weighted by molar-refractivity contribution is 5.96. The molecule has 114 valence electrons. The number of hydrogen-bond donors (Lipinski definition) is 1. The number of amides is 2. The van der Waals surface area contributed by atoms with Crippen LogP contribution in [0.1, 0.15) is 27.7 Å². The van der Waals surface area contributed by atoms with Gasteiger partial charge in [-0.05, 0) is 22.7 Å². The van der Waals surface area contributed by atoms with E-state index in [0.29, 0.717) is 13.0 Å². The lowest BCUT2D eigenvalue weighted by Crippen LogP contribution is -2.45. The van der Waals surface area contributed by atoms with Crippen LogP contribution in [0.3, 0.4) is 0 Å². The number of benzene rings is 1. The summed E-state index contributed by atoms with van der Waals surface area (Å²) in [7, 11) is 1.43. The summed E-state index contributed by atoms with van der Waals surface area (Å²) in [6.45, 7) is 0.381. The second-order valence-electron chi connectivity index (χ2n) is 4.99. The Hall–Kier alpha value is -2.83. The number of nitrogens with two attached hydrogens (primary N) is 1. The fraction of sp³-hybridized carbons (Fsp3) is 0.267. The molecular formula is C15H15N3O4. The lowest BCUT2D eigenvalue weighted by Gasteiger charge is -2.34. The molecule has 2 N–H and O–H groups in total. The maximum atomic E-state index is 12.6. The summed E-state index contributed by atoms with van der Waals surface area (Å²) >= 11 is 0. The summed E-state index contributed by atoms with van der Waals surface area (Å²) in [6, 6.07) is 8.04. The molecule has 0 aliphatic carbocycles. The first-order valence-electron chi connectivity index (χ1n) is 6.80. The maximum Gasteiger partial charge on any atom is 0.293 e. The van der Waals surface area contributed by atoms with Crippen molar-refractivity contribution in [2.75, 3.05) is 13.7 Å². The van der Waals surface area contributed by atoms with Crippen LogP contribution >= 0.6 is 0 Å². The zero-order valence-corrected chi connectivity index (χ0v) is 12.0. The van der Waals surface area contributed by atoms with E-state index in [1.807, 2.05) is 24.3 Å². The largest absolute Gasteiger partial charge is 0.479 e. The summed E-state index contributed by atoms with van der Waals surface area (Å²) < 4.78 is 9.86. The minimum atomic E-state index is -0.812. The Morgan fingerprint density at radius 2 is 2.18 bits per heavy atom. The SMILES string of the molecule is COc1cc(C(=O)N2CCc3ccccc3C2C(N)=O)on1. The van der Waals surface area contributed by atoms with E-state index in [9.17, 15) is 9.59 Å². The van der Waals surface area contributed by atoms with Gasteiger partial charge in [0.25, 0.3) is 11.8 Å². The molecule has 2 heterocycles. The van der Waals surface area contributed by atoms with Gasteiger partial charge in [-0.3, -0.25) is 9.59 Å². The Kier molecular flexibility index (Phi) is 3.54. The van der Waals surface area contributed by atoms with E-state index in [-0.39, 0.29) is 11.6 Å². The molecule has 3 rings (SSSR count). The predicted molar refractivity (Wildman–Crippen MR) is 76.2 cm³/mol. The number of methoxy groups -OCH3 is 1. The van der Waals surface area contributed by atoms with Crippen LogP contribution < -0.4 is 10.5 Å². The Balaban J connectivity index is 1.96. The fourth-order valence-electron chi connectivity index (χ4n) is 2.69. The molecule has 0 saturated heterocycles. The predicted octanol–water partition coefficient (Wildman–Crippen LogP) is 0.908. The highest BCUT2D eigenvalue weighted by Gasteiger charge is 2.36. The Morgan fingerprint density at radius 3 is 2.86 bits per heavy atom. The van der Waals surface area contributed by atoms with Gasteiger partial charge in [0.1, 0.15) is 6.04 Å². The Morgan fingerprint density at radius 1 is 1.41 bits per heavy atom. The molecule has 1 aliphatic rings. The van der Waals surface area contributed by atoms with Crippen molar-refractivity contribution >= 4 is 11.8 Å². The lowest BCUT2D eigenvalue weighted by molar-refractivity contribution is -0.123. The number of aromatic nitrogens is 1. The van der Waals surface area contributed by atoms with E-state index < -0.39 is 17.9 Å². The first kappa shape index (κ1) is 14.1. The molecule has 0 saturated carbocycles. The Labute approximate surface area is 126 Å². The van der Waals surface area contributed by atoms with Crippen LogP contribution in [0.15, 0.2) is 34.9 Å². The number of carbonyl (C=O) groups excluding carboxylic acids is 2. The fourth-order valence-corrected chi connectivity index (χ4v) is 2.69. The monoisotopic (exact) mass is 301 g/mol. The molecule has 1 aromatic carbocycles. The topological polar surface area (TPSA) is 98.7 Å². The molecule has 0 fully saturated rings. The Bertz CT molecular complexity index is 725. The van der Waals surface area contributed by atoms with Crippen LogP contribution in [0.2, 0.25) is 0 Å². The molecular weight excluding hydrogens is 286 g/mol. The van der Waals surface area contributed by atoms with Gasteiger partial charge in [-0.15, -0.1) is 0 Å². The molecule has 1 aromatic heterocycles. The van der Waals surface area contributed by atoms with Crippen molar-refractivity contribution in [1.29, 1.82) is 0 Å². The highest BCUT2D eigenvalue weighted by atomic mass is 16.5. The van der Waals surface area contributed by atoms with E-state index in [1.54, 1.807) is 0 Å². The van der Waals surface area contributed by atoms with Crippen LogP contribution in [0, 0.1) is 0 Å². The van der Waals surface area contributed by atoms with Crippen molar-refractivity contribution in [3.63, 3.8) is 0 Å². The molecule has 7 heteroatoms. The molecule has 7 nitrogen and oxygen atoms in total. The standard InChI is InChI=1S/C15H15N3O4/c1-21-12-8-11(22-17-12)15(20)18-7-6-9-4-2-3-5-10(9)13(18)14(16)19/h2-5,8,13H,6-7H2,1H3,(H2,16,19). The second-order valence-corrected chi connectivity index (χ2v) is 4.99. The van der Waals surface area contributed by atoms with Gasteiger partial charge in [0.05, 0.1) is 13.2 Å². The zero-order chi connectivity index (χ0) is 15.7. The van der Waals surface area contributed by atoms with Crippen molar-refractivity contribution in [3.05, 3.63) is 47.2 Å². The number of rotatable bonds is 3. The average Bonchev–Trinajstić information content (AvgIpc) is 3.02. The molecule has 0 spiro atoms. The van der Waals surface area contributed by atoms with E-state index >= 15 is 0 Å². The number of carbonyl (C=O) groups is 2. The van der Waals surface area contributed by atoms with Crippen LogP contribution in [-0.4, -0.2) is 35.5 Å². The lowest BCUT2D eigenvalue weighted by atomic mass is 9.92. The highest BCUT2D eigenvalue weighted by Crippen LogP contribution is 2.31. The van der Waals surface area contributed by atoms with Gasteiger partial charge in [0.15, 0.2) is 0 Å². The summed E-state index contributed by atoms with van der Waals surface area (Å²) in [5.74, 6) is -0.792. The molecule has 1 aliphatic heterocycles. The van der Waals surface area contributed by atoms with Crippen molar-refractivity contribution in [2.45, 2.75) is 12.5 Å². The number of fused-ring (bicyclic) bond motifs is 1. The van der Waals surface area contributed by atoms with Gasteiger partial charge >= 0.3 is 0 Å². The minimum Gasteiger partial charge on any atom is -0.479 e. The molecule has 1 atom stereocenters. The molecule has 22 heavy (non-hydrogen) atoms. The molecule has 2 amide bonds. The third-order valence-corrected chi connectivity index (χ3v) is 3.72. The van der Waals surface area contributed by atoms with E-state index in [2.05, 4.69) is 5.16 Å². The van der Waals surface area contributed by atoms with Gasteiger partial charge in [-0.25, -0.2) is 0 Å². The third-order valence-electron chi connectivity index (χ3n) is 3.72. The van der Waals surface area contributed by atoms with Gasteiger partial charge < -0.3 is 19.9 Å². The van der Waals surface area contributed by atoms with E-state index in [1.165, 1.54) is 18.1 Å². The quantitative estimate of drug-likeness (QED) is 0.908. The van der Waals surface area contributed by atoms with Crippen LogP contribution in [0.5, 0.6) is 5.88 Å². The first-order chi connectivity index (χ1) is 10.6. The smallest absolute Gasteiger partial charge is 0.293 e. The average molecular weight is 301 g/mol. The number of primary amides is 1. The van der Waals surface area contributed by atoms with Gasteiger partial charge in [-0.1, -0.05) is 24.3 Å². The van der Waals surface area contributed by atoms with Gasteiger partial charge in [-0.2, -0.15) is 0 Å². The molecule has 0 bridgehead atoms. The van der Waals surface area contributed by atoms with Crippen molar-refractivity contribution < 1.29 is 18.8 Å². The van der Waals surface area contributed by atoms with Gasteiger partial charge in [0.2, 0.25) is 11.7 Å². The third kappa shape index (κ3) is 2.30. The second kappa shape index (κ2) is 5.51. The van der Waals surface area contributed by atoms with E-state index in [4.69, 9.17) is 15.0 Å². The molecule has 0 radical (unpaired) electrons. The number of nitrogens with zero attached hydrogens (tertiary/aromatic N) is 2. The maximum absolute atomic E-state index is 12.6. The van der Waals surface area contributed by atoms with Crippen LogP contribution in [-0.2, 0) is 11.2 Å². The van der Waals surface area contributed by atoms with Crippen LogP contribution in [0.4, 0.5) is 0 Å². The summed E-state index contributed by atoms with van der Waals surface area (Å²) in [5.41, 5.74) is 7.29. The van der Waals surface area contributed by atoms with Crippen molar-refractivity contribution in [3.8, 4) is 5.88 Å². The summed E-state index contributed by atoms with van der Waals surface area (Å²) in [6.07, 6.45) is 0.650. The number of ether oxygens (including phenoxy) is 1. The van der Waals surface area contributed by atoms with Gasteiger partial charge in [0, 0.05) is 6.54 Å². The normalized spacial score (nSPS) is 17.0. The van der Waals surface area contributed by atoms with Crippen molar-refractivity contribution in [2.24, 2.45) is 5.73 Å². The minimum absolute atomic E-state index is 0.0162. The number of hydrogen-bond acceptors (Lipinski definition) is 5. The van der Waals surface area contributed by atoms with Crippen LogP contribution in [0.25, 0.3) is 0 Å². The van der Waals surface area contributed by atoms with E-state index in [0.717, 1.165) is 11.1 Å². The molecule has 2 aromatic rings.